The molecule has 1 saturated heterocycles. The molecule has 0 unspecified atom stereocenters. The molecule has 152 valence electrons. The van der Waals surface area contributed by atoms with Crippen LogP contribution in [0.2, 0.25) is 0 Å². The summed E-state index contributed by atoms with van der Waals surface area (Å²) in [5.41, 5.74) is 0. The van der Waals surface area contributed by atoms with Crippen molar-refractivity contribution in [1.82, 2.24) is 10.6 Å². The van der Waals surface area contributed by atoms with Gasteiger partial charge >= 0.3 is 5.97 Å². The number of carboxylic acids is 1. The third kappa shape index (κ3) is 11.5. The second-order valence-corrected chi connectivity index (χ2v) is 7.79. The highest BCUT2D eigenvalue weighted by Gasteiger charge is 2.29. The van der Waals surface area contributed by atoms with Gasteiger partial charge in [0.25, 0.3) is 0 Å². The zero-order valence-electron chi connectivity index (χ0n) is 16.7. The number of aliphatic carboxylic acids is 1. The highest BCUT2D eigenvalue weighted by Crippen LogP contribution is 2.13. The molecule has 1 aliphatic heterocycles. The Morgan fingerprint density at radius 3 is 1.85 bits per heavy atom. The van der Waals surface area contributed by atoms with Crippen LogP contribution in [0.4, 0.5) is 0 Å². The molecule has 0 saturated carbocycles. The summed E-state index contributed by atoms with van der Waals surface area (Å²) < 4.78 is 0. The van der Waals surface area contributed by atoms with Crippen LogP contribution >= 0.6 is 0 Å². The van der Waals surface area contributed by atoms with E-state index < -0.39 is 12.0 Å². The van der Waals surface area contributed by atoms with Gasteiger partial charge in [-0.1, -0.05) is 84.0 Å². The molecule has 1 rings (SSSR count). The Morgan fingerprint density at radius 1 is 0.885 bits per heavy atom. The van der Waals surface area contributed by atoms with Crippen LogP contribution < -0.4 is 10.6 Å². The van der Waals surface area contributed by atoms with Gasteiger partial charge in [-0.3, -0.25) is 9.59 Å². The molecule has 3 N–H and O–H groups in total. The van der Waals surface area contributed by atoms with Gasteiger partial charge in [0.15, 0.2) is 0 Å². The Morgan fingerprint density at radius 2 is 1.38 bits per heavy atom. The zero-order valence-corrected chi connectivity index (χ0v) is 16.7. The Labute approximate surface area is 159 Å². The summed E-state index contributed by atoms with van der Waals surface area (Å²) in [5.74, 6) is -0.774. The van der Waals surface area contributed by atoms with Crippen molar-refractivity contribution in [3.05, 3.63) is 0 Å². The number of nitrogens with one attached hydrogen (secondary N) is 2. The number of hydrogen-bond donors (Lipinski definition) is 3. The van der Waals surface area contributed by atoms with Gasteiger partial charge in [0, 0.05) is 19.0 Å². The van der Waals surface area contributed by atoms with Crippen molar-refractivity contribution in [3.63, 3.8) is 0 Å². The summed E-state index contributed by atoms with van der Waals surface area (Å²) in [6.45, 7) is 2.82. The first kappa shape index (κ1) is 22.9. The van der Waals surface area contributed by atoms with E-state index in [4.69, 9.17) is 5.11 Å². The summed E-state index contributed by atoms with van der Waals surface area (Å²) >= 11 is 0. The maximum atomic E-state index is 11.9. The van der Waals surface area contributed by atoms with Crippen molar-refractivity contribution in [1.29, 1.82) is 0 Å². The van der Waals surface area contributed by atoms with Crippen LogP contribution in [-0.2, 0) is 9.59 Å². The van der Waals surface area contributed by atoms with Crippen LogP contribution in [-0.4, -0.2) is 35.6 Å². The van der Waals surface area contributed by atoms with Gasteiger partial charge in [-0.15, -0.1) is 0 Å². The van der Waals surface area contributed by atoms with E-state index >= 15 is 0 Å². The topological polar surface area (TPSA) is 78.4 Å². The largest absolute Gasteiger partial charge is 0.480 e. The van der Waals surface area contributed by atoms with E-state index in [0.717, 1.165) is 12.8 Å². The van der Waals surface area contributed by atoms with Crippen LogP contribution in [0, 0.1) is 0 Å². The molecule has 0 aliphatic carbocycles. The molecular formula is C21H40N2O3. The first-order valence-electron chi connectivity index (χ1n) is 10.9. The van der Waals surface area contributed by atoms with E-state index in [1.54, 1.807) is 0 Å². The third-order valence-electron chi connectivity index (χ3n) is 5.30. The standard InChI is InChI=1S/C21H40N2O3/c1-2-3-4-5-6-7-8-9-10-11-12-13-14-15-20(24)23-18-16-19(21(25)26)22-17-18/h18-19,22H,2-17H2,1H3,(H,23,24)(H,25,26)/t18-,19+/m1/s1. The van der Waals surface area contributed by atoms with Gasteiger partial charge < -0.3 is 15.7 Å². The fourth-order valence-corrected chi connectivity index (χ4v) is 3.64. The number of amides is 1. The van der Waals surface area contributed by atoms with Gasteiger partial charge in [-0.05, 0) is 12.8 Å². The molecular weight excluding hydrogens is 328 g/mol. The number of hydrogen-bond acceptors (Lipinski definition) is 3. The summed E-state index contributed by atoms with van der Waals surface area (Å²) in [5, 5.41) is 14.8. The van der Waals surface area contributed by atoms with Gasteiger partial charge in [-0.25, -0.2) is 0 Å². The predicted octanol–water partition coefficient (Wildman–Crippen LogP) is 4.40. The summed E-state index contributed by atoms with van der Waals surface area (Å²) in [6.07, 6.45) is 18.0. The lowest BCUT2D eigenvalue weighted by Crippen LogP contribution is -2.35. The number of carboxylic acid groups (broad SMARTS) is 1. The van der Waals surface area contributed by atoms with Gasteiger partial charge in [0.05, 0.1) is 0 Å². The van der Waals surface area contributed by atoms with Crippen molar-refractivity contribution in [2.45, 2.75) is 115 Å². The Hall–Kier alpha value is -1.10. The highest BCUT2D eigenvalue weighted by molar-refractivity contribution is 5.77. The molecule has 2 atom stereocenters. The molecule has 1 amide bonds. The average Bonchev–Trinajstić information content (AvgIpc) is 3.07. The number of carbonyl (C=O) groups excluding carboxylic acids is 1. The van der Waals surface area contributed by atoms with Crippen molar-refractivity contribution >= 4 is 11.9 Å². The van der Waals surface area contributed by atoms with Crippen molar-refractivity contribution in [2.75, 3.05) is 6.54 Å². The smallest absolute Gasteiger partial charge is 0.320 e. The van der Waals surface area contributed by atoms with Gasteiger partial charge in [0.1, 0.15) is 6.04 Å². The van der Waals surface area contributed by atoms with E-state index in [-0.39, 0.29) is 11.9 Å². The summed E-state index contributed by atoms with van der Waals surface area (Å²) in [6, 6.07) is -0.554. The molecule has 0 aromatic carbocycles. The minimum absolute atomic E-state index is 0.0365. The highest BCUT2D eigenvalue weighted by atomic mass is 16.4. The summed E-state index contributed by atoms with van der Waals surface area (Å²) in [4.78, 5) is 22.8. The van der Waals surface area contributed by atoms with E-state index in [0.29, 0.717) is 19.4 Å². The monoisotopic (exact) mass is 368 g/mol. The molecule has 0 aromatic rings. The fourth-order valence-electron chi connectivity index (χ4n) is 3.64. The molecule has 0 radical (unpaired) electrons. The first-order valence-corrected chi connectivity index (χ1v) is 10.9. The van der Waals surface area contributed by atoms with E-state index in [1.807, 2.05) is 0 Å². The molecule has 1 fully saturated rings. The minimum atomic E-state index is -0.835. The second kappa shape index (κ2) is 15.0. The van der Waals surface area contributed by atoms with E-state index in [9.17, 15) is 9.59 Å². The predicted molar refractivity (Wildman–Crippen MR) is 106 cm³/mol. The lowest BCUT2D eigenvalue weighted by atomic mass is 10.0. The normalized spacial score (nSPS) is 19.6. The molecule has 26 heavy (non-hydrogen) atoms. The summed E-state index contributed by atoms with van der Waals surface area (Å²) in [7, 11) is 0. The van der Waals surface area contributed by atoms with Crippen LogP contribution in [0.25, 0.3) is 0 Å². The quantitative estimate of drug-likeness (QED) is 0.353. The molecule has 1 heterocycles. The van der Waals surface area contributed by atoms with Gasteiger partial charge in [0.2, 0.25) is 5.91 Å². The lowest BCUT2D eigenvalue weighted by Gasteiger charge is -2.11. The fraction of sp³-hybridized carbons (Fsp3) is 0.905. The Bertz CT molecular complexity index is 387. The van der Waals surface area contributed by atoms with Crippen LogP contribution in [0.5, 0.6) is 0 Å². The molecule has 1 aliphatic rings. The maximum Gasteiger partial charge on any atom is 0.320 e. The van der Waals surface area contributed by atoms with Crippen molar-refractivity contribution in [3.8, 4) is 0 Å². The SMILES string of the molecule is CCCCCCCCCCCCCCCC(=O)N[C@H]1CN[C@H](C(=O)O)C1. The Balaban J connectivity index is 1.83. The maximum absolute atomic E-state index is 11.9. The molecule has 5 heteroatoms. The third-order valence-corrected chi connectivity index (χ3v) is 5.30. The lowest BCUT2D eigenvalue weighted by molar-refractivity contribution is -0.139. The second-order valence-electron chi connectivity index (χ2n) is 7.79. The van der Waals surface area contributed by atoms with Gasteiger partial charge in [-0.2, -0.15) is 0 Å². The van der Waals surface area contributed by atoms with Crippen LogP contribution in [0.15, 0.2) is 0 Å². The Kier molecular flexibility index (Phi) is 13.2. The average molecular weight is 369 g/mol. The molecule has 5 nitrogen and oxygen atoms in total. The number of rotatable bonds is 16. The molecule has 0 bridgehead atoms. The molecule has 0 spiro atoms. The van der Waals surface area contributed by atoms with E-state index in [2.05, 4.69) is 17.6 Å². The van der Waals surface area contributed by atoms with Crippen molar-refractivity contribution < 1.29 is 14.7 Å². The number of carbonyl (C=O) groups is 2. The first-order chi connectivity index (χ1) is 12.6. The van der Waals surface area contributed by atoms with E-state index in [1.165, 1.54) is 70.6 Å². The van der Waals surface area contributed by atoms with Crippen molar-refractivity contribution in [2.24, 2.45) is 0 Å². The van der Waals surface area contributed by atoms with Crippen LogP contribution in [0.3, 0.4) is 0 Å². The number of unbranched alkanes of at least 4 members (excludes halogenated alkanes) is 12. The minimum Gasteiger partial charge on any atom is -0.480 e. The molecule has 0 aromatic heterocycles. The van der Waals surface area contributed by atoms with Crippen LogP contribution in [0.1, 0.15) is 103 Å². The zero-order chi connectivity index (χ0) is 19.0.